The van der Waals surface area contributed by atoms with Gasteiger partial charge in [0.05, 0.1) is 0 Å². The monoisotopic (exact) mass is 173 g/mol. The van der Waals surface area contributed by atoms with Crippen LogP contribution in [0.2, 0.25) is 0 Å². The lowest BCUT2D eigenvalue weighted by atomic mass is 10.5. The first-order valence-electron chi connectivity index (χ1n) is 2.90. The van der Waals surface area contributed by atoms with E-state index in [4.69, 9.17) is 0 Å². The molecular weight excluding hydrogens is 162 g/mol. The van der Waals surface area contributed by atoms with E-state index in [9.17, 15) is 12.9 Å². The molecule has 0 fully saturated rings. The summed E-state index contributed by atoms with van der Waals surface area (Å²) < 4.78 is 30.9. The van der Waals surface area contributed by atoms with Gasteiger partial charge in [-0.2, -0.15) is 0 Å². The fraction of sp³-hybridized carbons (Fsp3) is 1.00. The largest absolute Gasteiger partial charge is 0.762 e. The van der Waals surface area contributed by atoms with Gasteiger partial charge in [-0.3, -0.25) is 17.3 Å². The van der Waals surface area contributed by atoms with Crippen molar-refractivity contribution in [3.63, 3.8) is 0 Å². The van der Waals surface area contributed by atoms with E-state index in [1.54, 1.807) is 0 Å². The predicted octanol–water partition coefficient (Wildman–Crippen LogP) is 2.05. The van der Waals surface area contributed by atoms with Crippen molar-refractivity contribution in [2.75, 3.05) is 13.1 Å². The van der Waals surface area contributed by atoms with E-state index in [1.807, 2.05) is 4.31 Å². The van der Waals surface area contributed by atoms with E-state index >= 15 is 0 Å². The highest BCUT2D eigenvalue weighted by Crippen LogP contribution is 1.86. The van der Waals surface area contributed by atoms with Crippen molar-refractivity contribution in [2.45, 2.75) is 13.8 Å². The van der Waals surface area contributed by atoms with Gasteiger partial charge in [0.2, 0.25) is 0 Å². The van der Waals surface area contributed by atoms with Gasteiger partial charge in [-0.25, -0.2) is 0 Å². The van der Waals surface area contributed by atoms with Crippen LogP contribution in [0.25, 0.3) is 0 Å². The van der Waals surface area contributed by atoms with Gasteiger partial charge in [0.15, 0.2) is 0 Å². The summed E-state index contributed by atoms with van der Waals surface area (Å²) in [7, 11) is -3.67. The molecule has 1 nitrogen and oxygen atoms in total. The molecule has 0 unspecified atom stereocenters. The van der Waals surface area contributed by atoms with Crippen LogP contribution >= 0.6 is 12.8 Å². The van der Waals surface area contributed by atoms with Crippen molar-refractivity contribution in [3.8, 4) is 0 Å². The Morgan fingerprint density at radius 2 is 1.40 bits per heavy atom. The maximum absolute atomic E-state index is 9.67. The fourth-order valence-corrected chi connectivity index (χ4v) is 0.224. The average Bonchev–Trinajstić information content (AvgIpc) is 1.85. The minimum absolute atomic E-state index is 1.03. The normalized spacial score (nSPS) is 8.70. The number of nitrogens with zero attached hydrogens (tertiary/aromatic N) is 1. The molecule has 0 aliphatic heterocycles. The lowest BCUT2D eigenvalue weighted by Crippen LogP contribution is -2.08. The molecule has 0 radical (unpaired) electrons. The summed E-state index contributed by atoms with van der Waals surface area (Å²) in [6, 6.07) is 0. The summed E-state index contributed by atoms with van der Waals surface area (Å²) in [4.78, 5) is 0. The van der Waals surface area contributed by atoms with Gasteiger partial charge in [-0.05, 0) is 0 Å². The minimum atomic E-state index is -3.67. The van der Waals surface area contributed by atoms with Crippen LogP contribution in [0.15, 0.2) is 0 Å². The van der Waals surface area contributed by atoms with Crippen LogP contribution in [-0.2, 0) is 0 Å². The van der Waals surface area contributed by atoms with Crippen LogP contribution in [-0.4, -0.2) is 24.9 Å². The Labute approximate surface area is 65.4 Å². The van der Waals surface area contributed by atoms with Crippen LogP contribution in [0, 0.1) is 0 Å². The van der Waals surface area contributed by atoms with E-state index in [2.05, 4.69) is 26.7 Å². The molecule has 0 aliphatic rings. The van der Waals surface area contributed by atoms with Gasteiger partial charge >= 0.3 is 7.54 Å². The summed E-state index contributed by atoms with van der Waals surface area (Å²) >= 11 is 4.06. The Bertz CT molecular complexity index is 59.7. The summed E-state index contributed by atoms with van der Waals surface area (Å²) in [6.45, 7) is 6.21. The zero-order valence-electron chi connectivity index (χ0n) is 6.02. The molecular formula is C4H11BF3NS. The molecule has 10 heavy (non-hydrogen) atoms. The molecule has 0 aromatic carbocycles. The molecule has 0 N–H and O–H groups in total. The lowest BCUT2D eigenvalue weighted by Gasteiger charge is -2.05. The second kappa shape index (κ2) is 9.16. The molecule has 0 aliphatic carbocycles. The molecule has 0 saturated heterocycles. The SMILES string of the molecule is CCN(S)CC.FB(F)F. The van der Waals surface area contributed by atoms with Crippen molar-refractivity contribution in [2.24, 2.45) is 0 Å². The second-order valence-corrected chi connectivity index (χ2v) is 1.95. The smallest absolute Gasteiger partial charge is 0.254 e. The van der Waals surface area contributed by atoms with Crippen molar-refractivity contribution in [1.82, 2.24) is 4.31 Å². The highest BCUT2D eigenvalue weighted by atomic mass is 32.1. The van der Waals surface area contributed by atoms with E-state index < -0.39 is 7.54 Å². The number of halogens is 3. The van der Waals surface area contributed by atoms with Crippen LogP contribution < -0.4 is 0 Å². The maximum Gasteiger partial charge on any atom is 0.762 e. The summed E-state index contributed by atoms with van der Waals surface area (Å²) in [6.07, 6.45) is 0. The van der Waals surface area contributed by atoms with Gasteiger partial charge in [0.1, 0.15) is 0 Å². The molecule has 0 aromatic heterocycles. The topological polar surface area (TPSA) is 3.24 Å². The standard InChI is InChI=1S/C4H11NS.BF3/c1-3-5(6)4-2;2-1(3)4/h6H,3-4H2,1-2H3;. The Hall–Kier alpha value is 0.165. The number of hydrogen-bond donors (Lipinski definition) is 1. The van der Waals surface area contributed by atoms with Gasteiger partial charge in [-0.1, -0.05) is 26.7 Å². The van der Waals surface area contributed by atoms with Crippen LogP contribution in [0.5, 0.6) is 0 Å². The summed E-state index contributed by atoms with van der Waals surface area (Å²) in [5.74, 6) is 0. The second-order valence-electron chi connectivity index (χ2n) is 1.39. The van der Waals surface area contributed by atoms with Crippen LogP contribution in [0.1, 0.15) is 13.8 Å². The van der Waals surface area contributed by atoms with Gasteiger partial charge < -0.3 is 0 Å². The third-order valence-corrected chi connectivity index (χ3v) is 1.30. The van der Waals surface area contributed by atoms with Gasteiger partial charge in [-0.15, -0.1) is 0 Å². The van der Waals surface area contributed by atoms with Crippen LogP contribution in [0.4, 0.5) is 12.9 Å². The van der Waals surface area contributed by atoms with Crippen molar-refractivity contribution in [3.05, 3.63) is 0 Å². The van der Waals surface area contributed by atoms with Crippen LogP contribution in [0.3, 0.4) is 0 Å². The van der Waals surface area contributed by atoms with E-state index in [0.717, 1.165) is 13.1 Å². The first kappa shape index (κ1) is 12.8. The maximum atomic E-state index is 9.67. The zero-order valence-corrected chi connectivity index (χ0v) is 6.91. The Balaban J connectivity index is 0. The quantitative estimate of drug-likeness (QED) is 0.494. The third-order valence-electron chi connectivity index (χ3n) is 0.730. The summed E-state index contributed by atoms with van der Waals surface area (Å²) in [5, 5.41) is 0. The molecule has 0 saturated carbocycles. The van der Waals surface area contributed by atoms with Gasteiger partial charge in [0.25, 0.3) is 0 Å². The first-order chi connectivity index (χ1) is 4.54. The molecule has 0 aromatic rings. The Morgan fingerprint density at radius 3 is 1.40 bits per heavy atom. The molecule has 0 amide bonds. The van der Waals surface area contributed by atoms with E-state index in [1.165, 1.54) is 0 Å². The van der Waals surface area contributed by atoms with Gasteiger partial charge in [0, 0.05) is 13.1 Å². The summed E-state index contributed by atoms with van der Waals surface area (Å²) in [5.41, 5.74) is 0. The molecule has 62 valence electrons. The zero-order chi connectivity index (χ0) is 8.57. The highest BCUT2D eigenvalue weighted by molar-refractivity contribution is 7.77. The molecule has 0 atom stereocenters. The minimum Gasteiger partial charge on any atom is -0.254 e. The number of hydrogen-bond acceptors (Lipinski definition) is 2. The highest BCUT2D eigenvalue weighted by Gasteiger charge is 2.06. The molecule has 0 bridgehead atoms. The van der Waals surface area contributed by atoms with E-state index in [0.29, 0.717) is 0 Å². The average molecular weight is 173 g/mol. The van der Waals surface area contributed by atoms with Crippen molar-refractivity contribution >= 4 is 20.4 Å². The lowest BCUT2D eigenvalue weighted by molar-refractivity contribution is 0.532. The third kappa shape index (κ3) is 24.2. The molecule has 6 heteroatoms. The Kier molecular flexibility index (Phi) is 11.7. The molecule has 0 spiro atoms. The van der Waals surface area contributed by atoms with Crippen molar-refractivity contribution < 1.29 is 12.9 Å². The van der Waals surface area contributed by atoms with Crippen molar-refractivity contribution in [1.29, 1.82) is 0 Å². The first-order valence-corrected chi connectivity index (χ1v) is 3.30. The number of thiol groups is 1. The Morgan fingerprint density at radius 1 is 1.20 bits per heavy atom. The number of rotatable bonds is 2. The van der Waals surface area contributed by atoms with E-state index in [-0.39, 0.29) is 0 Å². The predicted molar refractivity (Wildman–Crippen MR) is 41.0 cm³/mol. The molecule has 0 rings (SSSR count). The fourth-order valence-electron chi connectivity index (χ4n) is 0.224. The molecule has 0 heterocycles.